The van der Waals surface area contributed by atoms with Crippen LogP contribution in [-0.2, 0) is 0 Å². The van der Waals surface area contributed by atoms with Gasteiger partial charge in [-0.3, -0.25) is 0 Å². The summed E-state index contributed by atoms with van der Waals surface area (Å²) in [4.78, 5) is 0. The lowest BCUT2D eigenvalue weighted by Gasteiger charge is -2.06. The Morgan fingerprint density at radius 2 is 1.36 bits per heavy atom. The second kappa shape index (κ2) is 14.5. The number of aromatic hydroxyl groups is 1. The number of phenols is 1. The molecular weight excluding hydrogens is 526 g/mol. The van der Waals surface area contributed by atoms with Crippen molar-refractivity contribution in [2.24, 2.45) is 0 Å². The van der Waals surface area contributed by atoms with Crippen molar-refractivity contribution in [2.75, 3.05) is 22.6 Å². The number of rotatable bonds is 4. The number of phenolic OH excluding ortho intramolecular Hbond substituents is 1. The molecule has 0 aromatic heterocycles. The summed E-state index contributed by atoms with van der Waals surface area (Å²) in [6.45, 7) is 4.17. The monoisotopic (exact) mass is 544 g/mol. The second-order valence-electron chi connectivity index (χ2n) is 4.76. The highest BCUT2D eigenvalue weighted by Gasteiger charge is 2.00. The molecule has 0 fully saturated rings. The maximum absolute atomic E-state index is 12.7. The molecule has 0 saturated carbocycles. The van der Waals surface area contributed by atoms with Crippen LogP contribution < -0.4 is 4.74 Å². The number of alkyl halides is 3. The number of hydrogen-bond acceptors (Lipinski definition) is 2. The predicted octanol–water partition coefficient (Wildman–Crippen LogP) is 6.52. The maximum atomic E-state index is 12.7. The molecule has 2 nitrogen and oxygen atoms in total. The smallest absolute Gasteiger partial charge is 0.126 e. The van der Waals surface area contributed by atoms with Crippen LogP contribution in [0.4, 0.5) is 8.78 Å². The Bertz CT molecular complexity index is 623. The number of aryl methyl sites for hydroxylation is 2. The van der Waals surface area contributed by atoms with Gasteiger partial charge in [-0.1, -0.05) is 59.9 Å². The molecule has 0 aliphatic carbocycles. The van der Waals surface area contributed by atoms with Crippen LogP contribution in [0.2, 0.25) is 0 Å². The first-order valence-electron chi connectivity index (χ1n) is 7.37. The number of hydrogen-bond donors (Lipinski definition) is 1. The van der Waals surface area contributed by atoms with E-state index >= 15 is 0 Å². The van der Waals surface area contributed by atoms with Gasteiger partial charge in [0.2, 0.25) is 0 Å². The van der Waals surface area contributed by atoms with Crippen LogP contribution in [0.5, 0.6) is 11.5 Å². The molecule has 1 N–H and O–H groups in total. The summed E-state index contributed by atoms with van der Waals surface area (Å²) in [5, 5.41) is 11.7. The van der Waals surface area contributed by atoms with E-state index in [0.29, 0.717) is 17.9 Å². The van der Waals surface area contributed by atoms with E-state index in [0.717, 1.165) is 27.6 Å². The highest BCUT2D eigenvalue weighted by Crippen LogP contribution is 2.18. The molecule has 25 heavy (non-hydrogen) atoms. The van der Waals surface area contributed by atoms with Crippen LogP contribution in [-0.4, -0.2) is 27.7 Å². The van der Waals surface area contributed by atoms with Crippen molar-refractivity contribution in [3.63, 3.8) is 0 Å². The molecule has 0 spiro atoms. The fraction of sp³-hybridized carbons (Fsp3) is 0.333. The molecule has 2 aromatic carbocycles. The Labute approximate surface area is 173 Å². The van der Waals surface area contributed by atoms with Gasteiger partial charge in [-0.15, -0.1) is 0 Å². The minimum Gasteiger partial charge on any atom is -0.508 e. The first-order valence-corrected chi connectivity index (χ1v) is 10.7. The molecule has 140 valence electrons. The Morgan fingerprint density at radius 1 is 0.840 bits per heavy atom. The largest absolute Gasteiger partial charge is 0.508 e. The normalized spacial score (nSPS) is 9.40. The van der Waals surface area contributed by atoms with E-state index in [4.69, 9.17) is 9.84 Å². The molecule has 2 rings (SSSR count). The molecule has 7 heteroatoms. The summed E-state index contributed by atoms with van der Waals surface area (Å²) in [5.41, 5.74) is 1.65. The Balaban J connectivity index is 0.000000391. The Morgan fingerprint density at radius 3 is 1.80 bits per heavy atom. The molecule has 0 heterocycles. The molecule has 0 unspecified atom stereocenters. The van der Waals surface area contributed by atoms with Crippen molar-refractivity contribution in [3.05, 3.63) is 59.2 Å². The molecule has 0 atom stereocenters. The standard InChI is InChI=1S/C9H10BrFO.C7H7FO.C2H4Br2/c1-7-2-3-8(11)6-9(7)12-5-4-10;1-5-2-3-6(8)4-7(5)9;3-1-2-4/h2-3,6H,4-5H2,1H3;2-4,9H,1H3;1-2H2. The average Bonchev–Trinajstić information content (AvgIpc) is 2.60. The summed E-state index contributed by atoms with van der Waals surface area (Å²) in [6, 6.07) is 8.47. The second-order valence-corrected chi connectivity index (χ2v) is 7.14. The van der Waals surface area contributed by atoms with Crippen molar-refractivity contribution < 1.29 is 18.6 Å². The van der Waals surface area contributed by atoms with Gasteiger partial charge in [0.05, 0.1) is 6.61 Å². The van der Waals surface area contributed by atoms with Crippen molar-refractivity contribution in [1.82, 2.24) is 0 Å². The average molecular weight is 547 g/mol. The zero-order chi connectivity index (χ0) is 19.2. The molecular formula is C18H21Br3F2O2. The quantitative estimate of drug-likeness (QED) is 0.442. The van der Waals surface area contributed by atoms with Gasteiger partial charge in [0.1, 0.15) is 23.1 Å². The third kappa shape index (κ3) is 11.5. The van der Waals surface area contributed by atoms with Gasteiger partial charge < -0.3 is 9.84 Å². The van der Waals surface area contributed by atoms with E-state index in [2.05, 4.69) is 47.8 Å². The first-order chi connectivity index (χ1) is 11.8. The summed E-state index contributed by atoms with van der Waals surface area (Å²) in [6.07, 6.45) is 0. The fourth-order valence-electron chi connectivity index (χ4n) is 1.46. The van der Waals surface area contributed by atoms with Gasteiger partial charge in [0.25, 0.3) is 0 Å². The predicted molar refractivity (Wildman–Crippen MR) is 111 cm³/mol. The van der Waals surface area contributed by atoms with Crippen molar-refractivity contribution in [2.45, 2.75) is 13.8 Å². The van der Waals surface area contributed by atoms with Crippen molar-refractivity contribution in [1.29, 1.82) is 0 Å². The topological polar surface area (TPSA) is 29.5 Å². The van der Waals surface area contributed by atoms with Gasteiger partial charge in [0.15, 0.2) is 0 Å². The summed E-state index contributed by atoms with van der Waals surface area (Å²) in [7, 11) is 0. The lowest BCUT2D eigenvalue weighted by atomic mass is 10.2. The SMILES string of the molecule is BrCCBr.Cc1ccc(F)cc1O.Cc1ccc(F)cc1OCCBr. The van der Waals surface area contributed by atoms with Crippen molar-refractivity contribution in [3.8, 4) is 11.5 Å². The van der Waals surface area contributed by atoms with Gasteiger partial charge in [0, 0.05) is 28.1 Å². The number of halogens is 5. The van der Waals surface area contributed by atoms with Gasteiger partial charge in [-0.2, -0.15) is 0 Å². The Kier molecular flexibility index (Phi) is 14.1. The van der Waals surface area contributed by atoms with E-state index < -0.39 is 5.82 Å². The van der Waals surface area contributed by atoms with Gasteiger partial charge in [-0.25, -0.2) is 8.78 Å². The first kappa shape index (κ1) is 24.3. The van der Waals surface area contributed by atoms with Gasteiger partial charge >= 0.3 is 0 Å². The molecule has 0 amide bonds. The summed E-state index contributed by atoms with van der Waals surface area (Å²) < 4.78 is 30.2. The molecule has 0 aliphatic heterocycles. The minimum atomic E-state index is -0.405. The third-order valence-electron chi connectivity index (χ3n) is 2.73. The lowest BCUT2D eigenvalue weighted by Crippen LogP contribution is -1.99. The molecule has 2 aromatic rings. The zero-order valence-corrected chi connectivity index (χ0v) is 18.8. The maximum Gasteiger partial charge on any atom is 0.126 e. The van der Waals surface area contributed by atoms with E-state index in [9.17, 15) is 8.78 Å². The van der Waals surface area contributed by atoms with Crippen LogP contribution in [0, 0.1) is 25.5 Å². The van der Waals surface area contributed by atoms with E-state index in [1.54, 1.807) is 13.0 Å². The van der Waals surface area contributed by atoms with Crippen LogP contribution in [0.1, 0.15) is 11.1 Å². The zero-order valence-electron chi connectivity index (χ0n) is 14.0. The van der Waals surface area contributed by atoms with E-state index in [1.165, 1.54) is 24.3 Å². The molecule has 0 radical (unpaired) electrons. The van der Waals surface area contributed by atoms with Crippen LogP contribution in [0.15, 0.2) is 36.4 Å². The third-order valence-corrected chi connectivity index (χ3v) is 4.91. The lowest BCUT2D eigenvalue weighted by molar-refractivity contribution is 0.340. The number of benzene rings is 2. The van der Waals surface area contributed by atoms with Crippen LogP contribution in [0.3, 0.4) is 0 Å². The number of ether oxygens (including phenoxy) is 1. The van der Waals surface area contributed by atoms with E-state index in [1.807, 2.05) is 6.92 Å². The molecule has 0 bridgehead atoms. The summed E-state index contributed by atoms with van der Waals surface area (Å²) >= 11 is 9.63. The van der Waals surface area contributed by atoms with Crippen LogP contribution >= 0.6 is 47.8 Å². The van der Waals surface area contributed by atoms with Crippen molar-refractivity contribution >= 4 is 47.8 Å². The highest BCUT2D eigenvalue weighted by molar-refractivity contribution is 9.12. The van der Waals surface area contributed by atoms with E-state index in [-0.39, 0.29) is 11.6 Å². The fourth-order valence-corrected chi connectivity index (χ4v) is 1.62. The van der Waals surface area contributed by atoms with Crippen LogP contribution in [0.25, 0.3) is 0 Å². The molecule has 0 saturated heterocycles. The molecule has 0 aliphatic rings. The van der Waals surface area contributed by atoms with Gasteiger partial charge in [-0.05, 0) is 37.1 Å². The summed E-state index contributed by atoms with van der Waals surface area (Å²) in [5.74, 6) is -0.0345. The Hall–Kier alpha value is -0.660. The minimum absolute atomic E-state index is 0.00926. The highest BCUT2D eigenvalue weighted by atomic mass is 79.9.